The van der Waals surface area contributed by atoms with Crippen LogP contribution in [0.25, 0.3) is 0 Å². The quantitative estimate of drug-likeness (QED) is 0.836. The molecular formula is C11H12FNO3. The highest BCUT2D eigenvalue weighted by molar-refractivity contribution is 5.66. The van der Waals surface area contributed by atoms with E-state index in [1.807, 2.05) is 0 Å². The summed E-state index contributed by atoms with van der Waals surface area (Å²) in [5.74, 6) is 0.240. The number of nitrogens with zero attached hydrogens (tertiary/aromatic N) is 1. The first-order valence-electron chi connectivity index (χ1n) is 4.99. The topological polar surface area (TPSA) is 49.8 Å². The van der Waals surface area contributed by atoms with Crippen LogP contribution in [0.5, 0.6) is 5.75 Å². The van der Waals surface area contributed by atoms with Crippen LogP contribution in [0.15, 0.2) is 24.3 Å². The smallest absolute Gasteiger partial charge is 0.407 e. The minimum Gasteiger partial charge on any atom is -0.486 e. The highest BCUT2D eigenvalue weighted by Gasteiger charge is 2.40. The Morgan fingerprint density at radius 3 is 2.62 bits per heavy atom. The van der Waals surface area contributed by atoms with Gasteiger partial charge in [0.25, 0.3) is 0 Å². The third-order valence-corrected chi connectivity index (χ3v) is 2.75. The first-order chi connectivity index (χ1) is 7.58. The second-order valence-corrected chi connectivity index (χ2v) is 3.79. The molecule has 0 aromatic heterocycles. The molecule has 86 valence electrons. The highest BCUT2D eigenvalue weighted by Crippen LogP contribution is 2.23. The molecule has 1 aromatic rings. The monoisotopic (exact) mass is 225 g/mol. The van der Waals surface area contributed by atoms with Gasteiger partial charge in [0.05, 0.1) is 12.6 Å². The van der Waals surface area contributed by atoms with Crippen molar-refractivity contribution in [1.82, 2.24) is 4.90 Å². The molecule has 16 heavy (non-hydrogen) atoms. The van der Waals surface area contributed by atoms with Crippen LogP contribution < -0.4 is 4.74 Å². The van der Waals surface area contributed by atoms with Crippen molar-refractivity contribution in [3.05, 3.63) is 30.1 Å². The van der Waals surface area contributed by atoms with Gasteiger partial charge >= 0.3 is 6.09 Å². The van der Waals surface area contributed by atoms with Gasteiger partial charge in [0, 0.05) is 0 Å². The molecule has 0 saturated carbocycles. The fraction of sp³-hybridized carbons (Fsp3) is 0.364. The number of carbonyl (C=O) groups is 1. The Hall–Kier alpha value is -1.78. The molecule has 0 unspecified atom stereocenters. The average Bonchev–Trinajstić information content (AvgIpc) is 2.25. The Bertz CT molecular complexity index is 393. The van der Waals surface area contributed by atoms with Gasteiger partial charge in [-0.05, 0) is 31.2 Å². The van der Waals surface area contributed by atoms with Gasteiger partial charge in [-0.1, -0.05) is 0 Å². The molecular weight excluding hydrogens is 213 g/mol. The zero-order valence-corrected chi connectivity index (χ0v) is 8.76. The lowest BCUT2D eigenvalue weighted by Gasteiger charge is -2.43. The zero-order valence-electron chi connectivity index (χ0n) is 8.76. The van der Waals surface area contributed by atoms with Crippen LogP contribution in [-0.2, 0) is 0 Å². The summed E-state index contributed by atoms with van der Waals surface area (Å²) in [6, 6.07) is 5.53. The molecule has 1 amide bonds. The van der Waals surface area contributed by atoms with E-state index in [1.54, 1.807) is 6.92 Å². The average molecular weight is 225 g/mol. The van der Waals surface area contributed by atoms with Crippen LogP contribution in [0.1, 0.15) is 6.92 Å². The van der Waals surface area contributed by atoms with Gasteiger partial charge in [-0.3, -0.25) is 4.90 Å². The van der Waals surface area contributed by atoms with E-state index in [0.717, 1.165) is 0 Å². The first kappa shape index (κ1) is 10.7. The number of hydrogen-bond acceptors (Lipinski definition) is 2. The number of carboxylic acid groups (broad SMARTS) is 1. The van der Waals surface area contributed by atoms with E-state index in [4.69, 9.17) is 9.84 Å². The molecule has 1 heterocycles. The van der Waals surface area contributed by atoms with Gasteiger partial charge in [-0.2, -0.15) is 0 Å². The molecule has 1 aliphatic heterocycles. The number of halogens is 1. The van der Waals surface area contributed by atoms with E-state index in [1.165, 1.54) is 29.2 Å². The summed E-state index contributed by atoms with van der Waals surface area (Å²) >= 11 is 0. The Labute approximate surface area is 92.2 Å². The molecule has 0 spiro atoms. The lowest BCUT2D eigenvalue weighted by Crippen LogP contribution is -2.62. The van der Waals surface area contributed by atoms with E-state index in [-0.39, 0.29) is 18.0 Å². The van der Waals surface area contributed by atoms with Crippen molar-refractivity contribution in [2.45, 2.75) is 19.1 Å². The van der Waals surface area contributed by atoms with Crippen LogP contribution in [0.4, 0.5) is 9.18 Å². The molecule has 5 heteroatoms. The fourth-order valence-electron chi connectivity index (χ4n) is 1.65. The van der Waals surface area contributed by atoms with Gasteiger partial charge in [0.15, 0.2) is 0 Å². The van der Waals surface area contributed by atoms with E-state index in [2.05, 4.69) is 0 Å². The standard InChI is InChI=1S/C11H12FNO3/c1-7-10(6-13(7)11(14)15)16-9-4-2-8(12)3-5-9/h2-5,7,10H,6H2,1H3,(H,14,15)/t7-,10-/m0/s1. The Morgan fingerprint density at radius 1 is 1.50 bits per heavy atom. The number of benzene rings is 1. The summed E-state index contributed by atoms with van der Waals surface area (Å²) in [6.45, 7) is 2.14. The highest BCUT2D eigenvalue weighted by atomic mass is 19.1. The predicted molar refractivity (Wildman–Crippen MR) is 55.0 cm³/mol. The van der Waals surface area contributed by atoms with E-state index in [9.17, 15) is 9.18 Å². The van der Waals surface area contributed by atoms with Crippen molar-refractivity contribution in [2.24, 2.45) is 0 Å². The lowest BCUT2D eigenvalue weighted by molar-refractivity contribution is -0.0225. The van der Waals surface area contributed by atoms with Crippen molar-refractivity contribution in [3.63, 3.8) is 0 Å². The normalized spacial score (nSPS) is 23.8. The van der Waals surface area contributed by atoms with Crippen LogP contribution >= 0.6 is 0 Å². The number of likely N-dealkylation sites (tertiary alicyclic amines) is 1. The maximum absolute atomic E-state index is 12.6. The second kappa shape index (κ2) is 4.00. The predicted octanol–water partition coefficient (Wildman–Crippen LogP) is 1.96. The van der Waals surface area contributed by atoms with Crippen molar-refractivity contribution >= 4 is 6.09 Å². The molecule has 2 atom stereocenters. The number of rotatable bonds is 2. The van der Waals surface area contributed by atoms with Crippen molar-refractivity contribution < 1.29 is 19.0 Å². The van der Waals surface area contributed by atoms with Gasteiger partial charge in [-0.15, -0.1) is 0 Å². The van der Waals surface area contributed by atoms with Crippen molar-refractivity contribution in [3.8, 4) is 5.75 Å². The van der Waals surface area contributed by atoms with Crippen molar-refractivity contribution in [1.29, 1.82) is 0 Å². The van der Waals surface area contributed by atoms with Crippen LogP contribution in [0.3, 0.4) is 0 Å². The molecule has 4 nitrogen and oxygen atoms in total. The summed E-state index contributed by atoms with van der Waals surface area (Å²) in [7, 11) is 0. The molecule has 0 bridgehead atoms. The molecule has 1 fully saturated rings. The molecule has 2 rings (SSSR count). The summed E-state index contributed by atoms with van der Waals surface area (Å²) in [5.41, 5.74) is 0. The largest absolute Gasteiger partial charge is 0.486 e. The molecule has 0 aliphatic carbocycles. The molecule has 1 aliphatic rings. The molecule has 1 aromatic carbocycles. The summed E-state index contributed by atoms with van der Waals surface area (Å²) < 4.78 is 18.1. The van der Waals surface area contributed by atoms with Gasteiger partial charge in [0.1, 0.15) is 17.7 Å². The summed E-state index contributed by atoms with van der Waals surface area (Å²) in [6.07, 6.45) is -1.09. The molecule has 1 saturated heterocycles. The third-order valence-electron chi connectivity index (χ3n) is 2.75. The number of ether oxygens (including phenoxy) is 1. The molecule has 0 radical (unpaired) electrons. The maximum atomic E-state index is 12.6. The van der Waals surface area contributed by atoms with Crippen molar-refractivity contribution in [2.75, 3.05) is 6.54 Å². The first-order valence-corrected chi connectivity index (χ1v) is 4.99. The number of hydrogen-bond donors (Lipinski definition) is 1. The maximum Gasteiger partial charge on any atom is 0.407 e. The van der Waals surface area contributed by atoms with E-state index in [0.29, 0.717) is 12.3 Å². The summed E-state index contributed by atoms with van der Waals surface area (Å²) in [4.78, 5) is 12.0. The number of amides is 1. The third kappa shape index (κ3) is 1.93. The minimum absolute atomic E-state index is 0.151. The Morgan fingerprint density at radius 2 is 2.12 bits per heavy atom. The van der Waals surface area contributed by atoms with Gasteiger partial charge in [0.2, 0.25) is 0 Å². The SMILES string of the molecule is C[C@H]1[C@@H](Oc2ccc(F)cc2)CN1C(=O)O. The van der Waals surface area contributed by atoms with Crippen LogP contribution in [0, 0.1) is 5.82 Å². The fourth-order valence-corrected chi connectivity index (χ4v) is 1.65. The Kier molecular flexibility index (Phi) is 2.68. The van der Waals surface area contributed by atoms with Gasteiger partial charge < -0.3 is 9.84 Å². The Balaban J connectivity index is 1.93. The summed E-state index contributed by atoms with van der Waals surface area (Å²) in [5, 5.41) is 8.74. The lowest BCUT2D eigenvalue weighted by atomic mass is 10.0. The van der Waals surface area contributed by atoms with E-state index < -0.39 is 6.09 Å². The zero-order chi connectivity index (χ0) is 11.7. The van der Waals surface area contributed by atoms with Crippen LogP contribution in [-0.4, -0.2) is 34.8 Å². The molecule has 1 N–H and O–H groups in total. The minimum atomic E-state index is -0.938. The van der Waals surface area contributed by atoms with E-state index >= 15 is 0 Å². The van der Waals surface area contributed by atoms with Crippen LogP contribution in [0.2, 0.25) is 0 Å². The second-order valence-electron chi connectivity index (χ2n) is 3.79. The van der Waals surface area contributed by atoms with Gasteiger partial charge in [-0.25, -0.2) is 9.18 Å².